The number of aryl methyl sites for hydroxylation is 1. The fraction of sp³-hybridized carbons (Fsp3) is 0.378. The number of rotatable bonds is 12. The summed E-state index contributed by atoms with van der Waals surface area (Å²) in [6.45, 7) is 4.30. The molecular weight excluding hydrogens is 635 g/mol. The normalized spacial score (nSPS) is 16.2. The van der Waals surface area contributed by atoms with Crippen molar-refractivity contribution in [3.63, 3.8) is 0 Å². The van der Waals surface area contributed by atoms with Gasteiger partial charge in [-0.05, 0) is 67.6 Å². The van der Waals surface area contributed by atoms with E-state index in [1.165, 1.54) is 15.2 Å². The number of hydrogen-bond donors (Lipinski definition) is 2. The first-order valence-electron chi connectivity index (χ1n) is 16.4. The number of fused-ring (bicyclic) bond motifs is 2. The van der Waals surface area contributed by atoms with Gasteiger partial charge >= 0.3 is 11.7 Å². The average molecular weight is 675 g/mol. The number of nitrogens with one attached hydrogen (secondary N) is 1. The van der Waals surface area contributed by atoms with Crippen molar-refractivity contribution in [2.24, 2.45) is 0 Å². The molecule has 11 heteroatoms. The summed E-state index contributed by atoms with van der Waals surface area (Å²) in [5.41, 5.74) is 2.21. The van der Waals surface area contributed by atoms with E-state index in [0.717, 1.165) is 11.1 Å². The van der Waals surface area contributed by atoms with Crippen molar-refractivity contribution in [1.29, 1.82) is 0 Å². The first-order chi connectivity index (χ1) is 23.1. The van der Waals surface area contributed by atoms with Gasteiger partial charge in [-0.1, -0.05) is 66.2 Å². The van der Waals surface area contributed by atoms with Crippen molar-refractivity contribution in [2.75, 3.05) is 19.6 Å². The third-order valence-corrected chi connectivity index (χ3v) is 9.86. The lowest BCUT2D eigenvalue weighted by Crippen LogP contribution is -2.50. The molecule has 3 heterocycles. The molecule has 0 saturated carbocycles. The Kier molecular flexibility index (Phi) is 10.3. The highest BCUT2D eigenvalue weighted by Crippen LogP contribution is 2.42. The van der Waals surface area contributed by atoms with Crippen LogP contribution in [-0.2, 0) is 41.4 Å². The van der Waals surface area contributed by atoms with Crippen LogP contribution in [0.5, 0.6) is 0 Å². The standard InChI is InChI=1S/C37H40ClFN4O5/c1-25-8-5-13-30(39)29(25)22-42-32-24-48-37(15-18-41(19-16-37)21-26-9-6-12-28(38)20-26)34(32)35(46)43(36(42)47)23-31(27-10-3-2-4-11-27)40-17-7-14-33(44)45/h2-6,8-13,20,31,40H,7,14-19,21-24H2,1H3,(H,44,45)/t31-/m1/s1. The van der Waals surface area contributed by atoms with Crippen molar-refractivity contribution >= 4 is 17.6 Å². The number of piperidine rings is 1. The second-order valence-electron chi connectivity index (χ2n) is 12.7. The van der Waals surface area contributed by atoms with Gasteiger partial charge in [0.15, 0.2) is 0 Å². The summed E-state index contributed by atoms with van der Waals surface area (Å²) in [5, 5.41) is 13.2. The molecule has 48 heavy (non-hydrogen) atoms. The Hall–Kier alpha value is -4.09. The van der Waals surface area contributed by atoms with E-state index < -0.39 is 34.7 Å². The van der Waals surface area contributed by atoms with Crippen LogP contribution in [0.15, 0.2) is 82.4 Å². The second-order valence-corrected chi connectivity index (χ2v) is 13.2. The first-order valence-corrected chi connectivity index (χ1v) is 16.7. The molecule has 2 aliphatic rings. The van der Waals surface area contributed by atoms with Gasteiger partial charge in [-0.2, -0.15) is 0 Å². The van der Waals surface area contributed by atoms with Crippen LogP contribution >= 0.6 is 11.6 Å². The third-order valence-electron chi connectivity index (χ3n) is 9.63. The minimum Gasteiger partial charge on any atom is -0.481 e. The van der Waals surface area contributed by atoms with Crippen molar-refractivity contribution in [1.82, 2.24) is 19.4 Å². The summed E-state index contributed by atoms with van der Waals surface area (Å²) in [6, 6.07) is 21.6. The Morgan fingerprint density at radius 3 is 2.48 bits per heavy atom. The van der Waals surface area contributed by atoms with E-state index in [1.807, 2.05) is 54.6 Å². The van der Waals surface area contributed by atoms with E-state index in [9.17, 15) is 14.4 Å². The maximum atomic E-state index is 15.2. The predicted octanol–water partition coefficient (Wildman–Crippen LogP) is 5.38. The number of likely N-dealkylation sites (tertiary alicyclic amines) is 1. The molecule has 1 atom stereocenters. The summed E-state index contributed by atoms with van der Waals surface area (Å²) >= 11 is 6.22. The van der Waals surface area contributed by atoms with Crippen LogP contribution in [0.4, 0.5) is 4.39 Å². The highest BCUT2D eigenvalue weighted by atomic mass is 35.5. The molecule has 1 saturated heterocycles. The number of nitrogens with zero attached hydrogens (tertiary/aromatic N) is 3. The highest BCUT2D eigenvalue weighted by molar-refractivity contribution is 6.30. The van der Waals surface area contributed by atoms with Gasteiger partial charge in [0.1, 0.15) is 11.4 Å². The van der Waals surface area contributed by atoms with Crippen LogP contribution in [0.2, 0.25) is 5.02 Å². The van der Waals surface area contributed by atoms with Gasteiger partial charge in [-0.3, -0.25) is 23.6 Å². The maximum absolute atomic E-state index is 15.2. The molecule has 4 aromatic rings. The molecule has 252 valence electrons. The van der Waals surface area contributed by atoms with Crippen LogP contribution in [0.3, 0.4) is 0 Å². The van der Waals surface area contributed by atoms with Gasteiger partial charge in [0.2, 0.25) is 0 Å². The van der Waals surface area contributed by atoms with Gasteiger partial charge < -0.3 is 15.2 Å². The summed E-state index contributed by atoms with van der Waals surface area (Å²) in [4.78, 5) is 42.3. The molecule has 6 rings (SSSR count). The van der Waals surface area contributed by atoms with E-state index in [-0.39, 0.29) is 26.1 Å². The summed E-state index contributed by atoms with van der Waals surface area (Å²) < 4.78 is 24.5. The minimum atomic E-state index is -0.891. The summed E-state index contributed by atoms with van der Waals surface area (Å²) in [5.74, 6) is -1.31. The lowest BCUT2D eigenvalue weighted by Gasteiger charge is -2.39. The van der Waals surface area contributed by atoms with Gasteiger partial charge in [-0.15, -0.1) is 0 Å². The SMILES string of the molecule is Cc1cccc(F)c1Cn1c2c(c(=O)n(C[C@@H](NCCCC(=O)O)c3ccccc3)c1=O)C1(CCN(Cc3cccc(Cl)c3)CC1)OC2. The molecule has 0 amide bonds. The quantitative estimate of drug-likeness (QED) is 0.195. The van der Waals surface area contributed by atoms with Crippen LogP contribution in [0.25, 0.3) is 0 Å². The Morgan fingerprint density at radius 2 is 1.77 bits per heavy atom. The van der Waals surface area contributed by atoms with Gasteiger partial charge in [0.05, 0.1) is 37.0 Å². The van der Waals surface area contributed by atoms with E-state index in [2.05, 4.69) is 10.2 Å². The number of benzene rings is 3. The fourth-order valence-electron chi connectivity index (χ4n) is 7.01. The predicted molar refractivity (Wildman–Crippen MR) is 182 cm³/mol. The zero-order valence-electron chi connectivity index (χ0n) is 27.0. The largest absolute Gasteiger partial charge is 0.481 e. The molecule has 2 aliphatic heterocycles. The molecule has 1 spiro atoms. The molecule has 3 aromatic carbocycles. The van der Waals surface area contributed by atoms with Crippen LogP contribution in [0, 0.1) is 12.7 Å². The van der Waals surface area contributed by atoms with Crippen LogP contribution in [-0.4, -0.2) is 44.7 Å². The smallest absolute Gasteiger partial charge is 0.331 e. The average Bonchev–Trinajstić information content (AvgIpc) is 3.43. The van der Waals surface area contributed by atoms with Crippen LogP contribution < -0.4 is 16.6 Å². The lowest BCUT2D eigenvalue weighted by molar-refractivity contribution is -0.137. The van der Waals surface area contributed by atoms with E-state index >= 15 is 4.39 Å². The zero-order chi connectivity index (χ0) is 33.8. The fourth-order valence-corrected chi connectivity index (χ4v) is 7.22. The molecule has 1 aromatic heterocycles. The minimum absolute atomic E-state index is 0.00368. The third kappa shape index (κ3) is 7.17. The number of carbonyl (C=O) groups is 1. The number of ether oxygens (including phenoxy) is 1. The maximum Gasteiger partial charge on any atom is 0.331 e. The molecule has 1 fully saturated rings. The van der Waals surface area contributed by atoms with Crippen molar-refractivity contribution < 1.29 is 19.0 Å². The number of aromatic nitrogens is 2. The van der Waals surface area contributed by atoms with Crippen molar-refractivity contribution in [2.45, 2.75) is 70.5 Å². The molecule has 0 radical (unpaired) electrons. The van der Waals surface area contributed by atoms with Gasteiger partial charge in [0, 0.05) is 36.6 Å². The van der Waals surface area contributed by atoms with Gasteiger partial charge in [-0.25, -0.2) is 9.18 Å². The molecule has 0 bridgehead atoms. The lowest BCUT2D eigenvalue weighted by atomic mass is 9.85. The van der Waals surface area contributed by atoms with E-state index in [4.69, 9.17) is 21.4 Å². The molecule has 0 aliphatic carbocycles. The van der Waals surface area contributed by atoms with Gasteiger partial charge in [0.25, 0.3) is 5.56 Å². The summed E-state index contributed by atoms with van der Waals surface area (Å²) in [7, 11) is 0. The second kappa shape index (κ2) is 14.6. The molecule has 2 N–H and O–H groups in total. The van der Waals surface area contributed by atoms with E-state index in [0.29, 0.717) is 72.8 Å². The molecule has 0 unspecified atom stereocenters. The Balaban J connectivity index is 1.38. The van der Waals surface area contributed by atoms with Crippen molar-refractivity contribution in [3.8, 4) is 0 Å². The first kappa shape index (κ1) is 33.8. The molecular formula is C37H40ClFN4O5. The molecule has 9 nitrogen and oxygen atoms in total. The topological polar surface area (TPSA) is 106 Å². The number of aliphatic carboxylic acids is 1. The highest BCUT2D eigenvalue weighted by Gasteiger charge is 2.47. The number of hydrogen-bond acceptors (Lipinski definition) is 6. The Morgan fingerprint density at radius 1 is 1.02 bits per heavy atom. The number of halogens is 2. The Bertz CT molecular complexity index is 1880. The Labute approximate surface area is 283 Å². The zero-order valence-corrected chi connectivity index (χ0v) is 27.7. The summed E-state index contributed by atoms with van der Waals surface area (Å²) in [6.07, 6.45) is 1.50. The monoisotopic (exact) mass is 674 g/mol. The number of carboxylic acids is 1. The number of carboxylic acid groups (broad SMARTS) is 1. The van der Waals surface area contributed by atoms with Crippen molar-refractivity contribution in [3.05, 3.63) is 138 Å². The van der Waals surface area contributed by atoms with E-state index in [1.54, 1.807) is 19.1 Å². The van der Waals surface area contributed by atoms with Crippen LogP contribution in [0.1, 0.15) is 65.2 Å².